The average molecular weight is 424 g/mol. The molecule has 2 aromatic carbocycles. The summed E-state index contributed by atoms with van der Waals surface area (Å²) >= 11 is 0. The third kappa shape index (κ3) is 6.10. The van der Waals surface area contributed by atoms with Crippen LogP contribution in [0.3, 0.4) is 0 Å². The molecule has 0 N–H and O–H groups in total. The van der Waals surface area contributed by atoms with Crippen LogP contribution in [0.2, 0.25) is 0 Å². The second kappa shape index (κ2) is 9.69. The lowest BCUT2D eigenvalue weighted by atomic mass is 9.85. The lowest BCUT2D eigenvalue weighted by molar-refractivity contribution is -0.137. The third-order valence-electron chi connectivity index (χ3n) is 4.96. The van der Waals surface area contributed by atoms with Crippen molar-refractivity contribution in [2.75, 3.05) is 18.6 Å². The Morgan fingerprint density at radius 1 is 1.13 bits per heavy atom. The van der Waals surface area contributed by atoms with Crippen LogP contribution in [0.4, 0.5) is 10.5 Å². The molecule has 1 heterocycles. The molecule has 0 bridgehead atoms. The molecule has 0 aliphatic carbocycles. The highest BCUT2D eigenvalue weighted by Crippen LogP contribution is 2.33. The molecular weight excluding hydrogens is 394 g/mol. The maximum atomic E-state index is 13.0. The van der Waals surface area contributed by atoms with Crippen molar-refractivity contribution in [1.82, 2.24) is 0 Å². The van der Waals surface area contributed by atoms with E-state index < -0.39 is 11.7 Å². The maximum absolute atomic E-state index is 13.0. The van der Waals surface area contributed by atoms with E-state index in [9.17, 15) is 9.59 Å². The van der Waals surface area contributed by atoms with E-state index in [1.165, 1.54) is 4.90 Å². The van der Waals surface area contributed by atoms with Crippen LogP contribution >= 0.6 is 0 Å². The number of benzene rings is 2. The molecule has 0 spiro atoms. The Kier molecular flexibility index (Phi) is 7.00. The van der Waals surface area contributed by atoms with Gasteiger partial charge < -0.3 is 14.2 Å². The zero-order valence-electron chi connectivity index (χ0n) is 18.4. The molecule has 1 aliphatic rings. The van der Waals surface area contributed by atoms with Crippen molar-refractivity contribution in [3.8, 4) is 5.75 Å². The smallest absolute Gasteiger partial charge is 0.418 e. The van der Waals surface area contributed by atoms with Gasteiger partial charge in [-0.15, -0.1) is 0 Å². The van der Waals surface area contributed by atoms with E-state index in [-0.39, 0.29) is 17.8 Å². The monoisotopic (exact) mass is 423 g/mol. The predicted octanol–water partition coefficient (Wildman–Crippen LogP) is 5.30. The number of carbonyl (C=O) groups is 2. The Hall–Kier alpha value is -3.28. The SMILES string of the molecule is COc1ccc(N(/C=C/[C@H](c2ccccc2)[C@@H]2COC(=O)C2)C(=O)OC(C)(C)C)cc1. The Bertz CT molecular complexity index is 915. The van der Waals surface area contributed by atoms with Gasteiger partial charge in [-0.3, -0.25) is 9.69 Å². The van der Waals surface area contributed by atoms with Crippen molar-refractivity contribution in [2.24, 2.45) is 5.92 Å². The van der Waals surface area contributed by atoms with Crippen molar-refractivity contribution < 1.29 is 23.8 Å². The number of hydrogen-bond acceptors (Lipinski definition) is 5. The maximum Gasteiger partial charge on any atom is 0.418 e. The van der Waals surface area contributed by atoms with Crippen LogP contribution in [0.15, 0.2) is 66.9 Å². The standard InChI is InChI=1S/C25H29NO5/c1-25(2,3)31-24(28)26(20-10-12-21(29-4)13-11-20)15-14-22(18-8-6-5-7-9-18)19-16-23(27)30-17-19/h5-15,19,22H,16-17H2,1-4H3/b15-14+/t19-,22+/m0/s1. The van der Waals surface area contributed by atoms with E-state index in [1.807, 2.05) is 57.2 Å². The van der Waals surface area contributed by atoms with Crippen LogP contribution in [0.25, 0.3) is 0 Å². The zero-order valence-corrected chi connectivity index (χ0v) is 18.4. The first-order valence-electron chi connectivity index (χ1n) is 10.3. The molecule has 0 saturated carbocycles. The molecule has 1 aliphatic heterocycles. The summed E-state index contributed by atoms with van der Waals surface area (Å²) in [5.41, 5.74) is 1.07. The minimum Gasteiger partial charge on any atom is -0.497 e. The number of allylic oxidation sites excluding steroid dienone is 1. The van der Waals surface area contributed by atoms with Crippen LogP contribution in [0.5, 0.6) is 5.75 Å². The fraction of sp³-hybridized carbons (Fsp3) is 0.360. The van der Waals surface area contributed by atoms with Gasteiger partial charge in [0.2, 0.25) is 0 Å². The molecule has 2 aromatic rings. The molecule has 1 amide bonds. The van der Waals surface area contributed by atoms with Crippen LogP contribution in [0, 0.1) is 5.92 Å². The third-order valence-corrected chi connectivity index (χ3v) is 4.96. The normalized spacial score (nSPS) is 17.3. The predicted molar refractivity (Wildman–Crippen MR) is 119 cm³/mol. The zero-order chi connectivity index (χ0) is 22.4. The molecule has 3 rings (SSSR count). The van der Waals surface area contributed by atoms with Gasteiger partial charge in [0.25, 0.3) is 0 Å². The first kappa shape index (κ1) is 22.4. The summed E-state index contributed by atoms with van der Waals surface area (Å²) in [6, 6.07) is 17.1. The number of methoxy groups -OCH3 is 1. The Labute approximate surface area is 183 Å². The number of anilines is 1. The molecule has 6 nitrogen and oxygen atoms in total. The molecule has 1 fully saturated rings. The Balaban J connectivity index is 1.94. The number of carbonyl (C=O) groups excluding carboxylic acids is 2. The number of esters is 1. The van der Waals surface area contributed by atoms with Gasteiger partial charge in [0.1, 0.15) is 11.4 Å². The fourth-order valence-electron chi connectivity index (χ4n) is 3.46. The van der Waals surface area contributed by atoms with E-state index in [0.29, 0.717) is 24.5 Å². The van der Waals surface area contributed by atoms with Crippen molar-refractivity contribution in [1.29, 1.82) is 0 Å². The first-order chi connectivity index (χ1) is 14.8. The van der Waals surface area contributed by atoms with Crippen molar-refractivity contribution in [3.63, 3.8) is 0 Å². The van der Waals surface area contributed by atoms with E-state index in [1.54, 1.807) is 37.6 Å². The number of rotatable bonds is 6. The first-order valence-corrected chi connectivity index (χ1v) is 10.3. The van der Waals surface area contributed by atoms with Gasteiger partial charge in [-0.2, -0.15) is 0 Å². The second-order valence-corrected chi connectivity index (χ2v) is 8.47. The number of amides is 1. The Morgan fingerprint density at radius 3 is 2.35 bits per heavy atom. The van der Waals surface area contributed by atoms with E-state index in [0.717, 1.165) is 5.56 Å². The lowest BCUT2D eigenvalue weighted by Crippen LogP contribution is -2.33. The highest BCUT2D eigenvalue weighted by molar-refractivity contribution is 5.90. The minimum absolute atomic E-state index is 0.00232. The van der Waals surface area contributed by atoms with Gasteiger partial charge in [-0.25, -0.2) is 4.79 Å². The van der Waals surface area contributed by atoms with Gasteiger partial charge in [0.15, 0.2) is 0 Å². The molecule has 164 valence electrons. The topological polar surface area (TPSA) is 65.1 Å². The molecule has 0 unspecified atom stereocenters. The van der Waals surface area contributed by atoms with Crippen LogP contribution in [0.1, 0.15) is 38.7 Å². The molecule has 0 radical (unpaired) electrons. The minimum atomic E-state index is -0.639. The Morgan fingerprint density at radius 2 is 1.81 bits per heavy atom. The van der Waals surface area contributed by atoms with Gasteiger partial charge in [-0.1, -0.05) is 36.4 Å². The number of hydrogen-bond donors (Lipinski definition) is 0. The van der Waals surface area contributed by atoms with E-state index in [2.05, 4.69) is 0 Å². The summed E-state index contributed by atoms with van der Waals surface area (Å²) < 4.78 is 16.0. The summed E-state index contributed by atoms with van der Waals surface area (Å²) in [7, 11) is 1.59. The summed E-state index contributed by atoms with van der Waals surface area (Å²) in [5.74, 6) is 0.414. The largest absolute Gasteiger partial charge is 0.497 e. The number of nitrogens with zero attached hydrogens (tertiary/aromatic N) is 1. The molecule has 2 atom stereocenters. The molecule has 6 heteroatoms. The second-order valence-electron chi connectivity index (χ2n) is 8.47. The van der Waals surface area contributed by atoms with Crippen molar-refractivity contribution >= 4 is 17.7 Å². The summed E-state index contributed by atoms with van der Waals surface area (Å²) in [4.78, 5) is 26.2. The van der Waals surface area contributed by atoms with Crippen LogP contribution in [-0.2, 0) is 14.3 Å². The van der Waals surface area contributed by atoms with Crippen molar-refractivity contribution in [2.45, 2.75) is 38.7 Å². The highest BCUT2D eigenvalue weighted by atomic mass is 16.6. The van der Waals surface area contributed by atoms with Gasteiger partial charge in [0, 0.05) is 18.0 Å². The summed E-state index contributed by atoms with van der Waals surface area (Å²) in [6.45, 7) is 5.84. The van der Waals surface area contributed by atoms with Gasteiger partial charge in [-0.05, 0) is 50.6 Å². The van der Waals surface area contributed by atoms with Crippen molar-refractivity contribution in [3.05, 3.63) is 72.4 Å². The number of ether oxygens (including phenoxy) is 3. The number of cyclic esters (lactones) is 1. The summed E-state index contributed by atoms with van der Waals surface area (Å²) in [5, 5.41) is 0. The van der Waals surface area contributed by atoms with Crippen LogP contribution < -0.4 is 9.64 Å². The molecule has 31 heavy (non-hydrogen) atoms. The molecule has 0 aromatic heterocycles. The summed E-state index contributed by atoms with van der Waals surface area (Å²) in [6.07, 6.45) is 3.52. The highest BCUT2D eigenvalue weighted by Gasteiger charge is 2.31. The van der Waals surface area contributed by atoms with E-state index in [4.69, 9.17) is 14.2 Å². The molecular formula is C25H29NO5. The quantitative estimate of drug-likeness (QED) is 0.590. The van der Waals surface area contributed by atoms with E-state index >= 15 is 0 Å². The lowest BCUT2D eigenvalue weighted by Gasteiger charge is -2.26. The fourth-order valence-corrected chi connectivity index (χ4v) is 3.46. The van der Waals surface area contributed by atoms with Gasteiger partial charge in [0.05, 0.1) is 25.8 Å². The van der Waals surface area contributed by atoms with Gasteiger partial charge >= 0.3 is 12.1 Å². The van der Waals surface area contributed by atoms with Crippen LogP contribution in [-0.4, -0.2) is 31.4 Å². The molecule has 1 saturated heterocycles. The average Bonchev–Trinajstić information content (AvgIpc) is 3.16.